The van der Waals surface area contributed by atoms with E-state index < -0.39 is 0 Å². The number of amides is 1. The van der Waals surface area contributed by atoms with Crippen molar-refractivity contribution in [1.82, 2.24) is 10.3 Å². The summed E-state index contributed by atoms with van der Waals surface area (Å²) in [6.45, 7) is 0. The zero-order valence-corrected chi connectivity index (χ0v) is 9.92. The van der Waals surface area contributed by atoms with E-state index in [4.69, 9.17) is 18.0 Å². The molecule has 0 bridgehead atoms. The lowest BCUT2D eigenvalue weighted by molar-refractivity contribution is 0.0943. The highest BCUT2D eigenvalue weighted by Crippen LogP contribution is 2.32. The van der Waals surface area contributed by atoms with Crippen molar-refractivity contribution in [3.05, 3.63) is 34.2 Å². The van der Waals surface area contributed by atoms with E-state index >= 15 is 0 Å². The van der Waals surface area contributed by atoms with Crippen molar-refractivity contribution >= 4 is 23.1 Å². The molecule has 5 nitrogen and oxygen atoms in total. The van der Waals surface area contributed by atoms with Crippen molar-refractivity contribution in [2.24, 2.45) is 11.7 Å². The highest BCUT2D eigenvalue weighted by Gasteiger charge is 2.34. The van der Waals surface area contributed by atoms with Gasteiger partial charge in [-0.25, -0.2) is 0 Å². The summed E-state index contributed by atoms with van der Waals surface area (Å²) in [5, 5.41) is 2.79. The number of nitrogens with one attached hydrogen (secondary N) is 2. The number of pyridine rings is 1. The Balaban J connectivity index is 2.07. The third-order valence-corrected chi connectivity index (χ3v) is 2.99. The average Bonchev–Trinajstić information content (AvgIpc) is 3.10. The Hall–Kier alpha value is -1.69. The number of H-pyrrole nitrogens is 1. The van der Waals surface area contributed by atoms with Gasteiger partial charge in [0.2, 0.25) is 5.56 Å². The Morgan fingerprint density at radius 2 is 2.24 bits per heavy atom. The van der Waals surface area contributed by atoms with Crippen LogP contribution in [0.1, 0.15) is 23.2 Å². The van der Waals surface area contributed by atoms with Gasteiger partial charge in [0.05, 0.1) is 16.6 Å². The Bertz CT molecular complexity index is 487. The predicted molar refractivity (Wildman–Crippen MR) is 67.8 cm³/mol. The third kappa shape index (κ3) is 2.91. The highest BCUT2D eigenvalue weighted by atomic mass is 32.1. The molecule has 1 aliphatic carbocycles. The molecule has 1 saturated carbocycles. The van der Waals surface area contributed by atoms with Crippen LogP contribution < -0.4 is 16.6 Å². The number of nitrogens with two attached hydrogens (primary N) is 1. The van der Waals surface area contributed by atoms with Gasteiger partial charge in [-0.3, -0.25) is 9.59 Å². The minimum Gasteiger partial charge on any atom is -0.392 e. The molecule has 1 heterocycles. The van der Waals surface area contributed by atoms with Crippen LogP contribution in [0.4, 0.5) is 0 Å². The van der Waals surface area contributed by atoms with Crippen LogP contribution in [0.2, 0.25) is 0 Å². The second-order valence-corrected chi connectivity index (χ2v) is 4.60. The van der Waals surface area contributed by atoms with E-state index in [1.54, 1.807) is 0 Å². The summed E-state index contributed by atoms with van der Waals surface area (Å²) in [4.78, 5) is 25.5. The molecule has 6 heteroatoms. The molecule has 1 aromatic heterocycles. The Kier molecular flexibility index (Phi) is 3.23. The van der Waals surface area contributed by atoms with Crippen LogP contribution >= 0.6 is 12.2 Å². The molecule has 1 unspecified atom stereocenters. The summed E-state index contributed by atoms with van der Waals surface area (Å²) in [5.41, 5.74) is 5.74. The lowest BCUT2D eigenvalue weighted by Crippen LogP contribution is -2.45. The Morgan fingerprint density at radius 1 is 1.53 bits per heavy atom. The first kappa shape index (κ1) is 11.8. The smallest absolute Gasteiger partial charge is 0.253 e. The van der Waals surface area contributed by atoms with Gasteiger partial charge in [-0.15, -0.1) is 0 Å². The summed E-state index contributed by atoms with van der Waals surface area (Å²) in [7, 11) is 0. The number of aromatic nitrogens is 1. The fourth-order valence-electron chi connectivity index (χ4n) is 1.63. The second kappa shape index (κ2) is 4.67. The predicted octanol–water partition coefficient (Wildman–Crippen LogP) is 0.169. The van der Waals surface area contributed by atoms with Crippen LogP contribution in [0.15, 0.2) is 23.1 Å². The van der Waals surface area contributed by atoms with Crippen molar-refractivity contribution in [3.63, 3.8) is 0 Å². The van der Waals surface area contributed by atoms with E-state index in [2.05, 4.69) is 10.3 Å². The highest BCUT2D eigenvalue weighted by molar-refractivity contribution is 7.80. The summed E-state index contributed by atoms with van der Waals surface area (Å²) in [6.07, 6.45) is 3.45. The summed E-state index contributed by atoms with van der Waals surface area (Å²) in [5.74, 6) is 0.0881. The Labute approximate surface area is 103 Å². The van der Waals surface area contributed by atoms with Crippen LogP contribution in [-0.2, 0) is 0 Å². The zero-order chi connectivity index (χ0) is 12.4. The molecule has 0 radical (unpaired) electrons. The number of hydrogen-bond donors (Lipinski definition) is 3. The first-order valence-electron chi connectivity index (χ1n) is 5.37. The first-order valence-corrected chi connectivity index (χ1v) is 5.77. The molecule has 1 fully saturated rings. The molecular formula is C11H13N3O2S. The number of carbonyl (C=O) groups excluding carboxylic acids is 1. The fourth-order valence-corrected chi connectivity index (χ4v) is 1.88. The summed E-state index contributed by atoms with van der Waals surface area (Å²) >= 11 is 4.93. The molecule has 1 amide bonds. The number of carbonyl (C=O) groups is 1. The van der Waals surface area contributed by atoms with Crippen molar-refractivity contribution in [1.29, 1.82) is 0 Å². The molecule has 0 aromatic carbocycles. The van der Waals surface area contributed by atoms with E-state index in [0.717, 1.165) is 12.8 Å². The number of hydrogen-bond acceptors (Lipinski definition) is 3. The van der Waals surface area contributed by atoms with Crippen molar-refractivity contribution < 1.29 is 4.79 Å². The first-order chi connectivity index (χ1) is 8.08. The standard InChI is InChI=1S/C11H13N3O2S/c12-10(17)9(6-1-2-6)14-11(16)7-3-4-8(15)13-5-7/h3-6,9H,1-2H2,(H2,12,17)(H,13,15)(H,14,16). The van der Waals surface area contributed by atoms with Gasteiger partial charge >= 0.3 is 0 Å². The van der Waals surface area contributed by atoms with E-state index in [1.165, 1.54) is 18.3 Å². The summed E-state index contributed by atoms with van der Waals surface area (Å²) in [6, 6.07) is 2.53. The van der Waals surface area contributed by atoms with Crippen molar-refractivity contribution in [2.45, 2.75) is 18.9 Å². The molecule has 90 valence electrons. The number of thiocarbonyl (C=S) groups is 1. The maximum absolute atomic E-state index is 11.9. The molecule has 1 atom stereocenters. The van der Waals surface area contributed by atoms with E-state index in [0.29, 0.717) is 16.5 Å². The van der Waals surface area contributed by atoms with Gasteiger partial charge in [-0.2, -0.15) is 0 Å². The monoisotopic (exact) mass is 251 g/mol. The maximum atomic E-state index is 11.9. The van der Waals surface area contributed by atoms with Gasteiger partial charge in [-0.05, 0) is 24.8 Å². The van der Waals surface area contributed by atoms with Gasteiger partial charge in [0.25, 0.3) is 5.91 Å². The normalized spacial score (nSPS) is 16.2. The molecule has 1 aliphatic rings. The van der Waals surface area contributed by atoms with Gasteiger partial charge < -0.3 is 16.0 Å². The zero-order valence-electron chi connectivity index (χ0n) is 9.10. The van der Waals surface area contributed by atoms with Crippen LogP contribution in [0.25, 0.3) is 0 Å². The van der Waals surface area contributed by atoms with Crippen LogP contribution in [0, 0.1) is 5.92 Å². The van der Waals surface area contributed by atoms with Gasteiger partial charge in [-0.1, -0.05) is 12.2 Å². The third-order valence-electron chi connectivity index (χ3n) is 2.73. The fraction of sp³-hybridized carbons (Fsp3) is 0.364. The molecule has 2 rings (SSSR count). The molecule has 0 spiro atoms. The molecule has 4 N–H and O–H groups in total. The molecule has 17 heavy (non-hydrogen) atoms. The maximum Gasteiger partial charge on any atom is 0.253 e. The molecular weight excluding hydrogens is 238 g/mol. The minimum absolute atomic E-state index is 0.241. The SMILES string of the molecule is NC(=S)C(NC(=O)c1ccc(=O)[nH]c1)C1CC1. The van der Waals surface area contributed by atoms with Crippen LogP contribution in [-0.4, -0.2) is 21.9 Å². The van der Waals surface area contributed by atoms with Crippen molar-refractivity contribution in [3.8, 4) is 0 Å². The minimum atomic E-state index is -0.272. The quantitative estimate of drug-likeness (QED) is 0.666. The lowest BCUT2D eigenvalue weighted by Gasteiger charge is -2.16. The van der Waals surface area contributed by atoms with Gasteiger partial charge in [0, 0.05) is 12.3 Å². The van der Waals surface area contributed by atoms with E-state index in [1.807, 2.05) is 0 Å². The second-order valence-electron chi connectivity index (χ2n) is 4.13. The number of rotatable bonds is 4. The Morgan fingerprint density at radius 3 is 2.71 bits per heavy atom. The van der Waals surface area contributed by atoms with Gasteiger partial charge in [0.1, 0.15) is 0 Å². The van der Waals surface area contributed by atoms with Crippen LogP contribution in [0.5, 0.6) is 0 Å². The van der Waals surface area contributed by atoms with Crippen molar-refractivity contribution in [2.75, 3.05) is 0 Å². The topological polar surface area (TPSA) is 88.0 Å². The van der Waals surface area contributed by atoms with E-state index in [9.17, 15) is 9.59 Å². The molecule has 0 saturated heterocycles. The number of aromatic amines is 1. The lowest BCUT2D eigenvalue weighted by atomic mass is 10.1. The van der Waals surface area contributed by atoms with E-state index in [-0.39, 0.29) is 17.5 Å². The molecule has 0 aliphatic heterocycles. The van der Waals surface area contributed by atoms with Crippen LogP contribution in [0.3, 0.4) is 0 Å². The summed E-state index contributed by atoms with van der Waals surface area (Å²) < 4.78 is 0. The average molecular weight is 251 g/mol. The largest absolute Gasteiger partial charge is 0.392 e. The van der Waals surface area contributed by atoms with Gasteiger partial charge in [0.15, 0.2) is 0 Å². The molecule has 1 aromatic rings.